The molecule has 1 aliphatic rings. The topological polar surface area (TPSA) is 33.4 Å². The van der Waals surface area contributed by atoms with Gasteiger partial charge < -0.3 is 9.52 Å². The first-order valence-corrected chi connectivity index (χ1v) is 4.92. The van der Waals surface area contributed by atoms with Crippen molar-refractivity contribution in [2.75, 3.05) is 0 Å². The fourth-order valence-corrected chi connectivity index (χ4v) is 1.78. The molecule has 1 saturated carbocycles. The van der Waals surface area contributed by atoms with Crippen LogP contribution in [0.5, 0.6) is 0 Å². The highest BCUT2D eigenvalue weighted by molar-refractivity contribution is 5.22. The van der Waals surface area contributed by atoms with Gasteiger partial charge in [0, 0.05) is 5.56 Å². The van der Waals surface area contributed by atoms with Crippen LogP contribution in [0.15, 0.2) is 10.5 Å². The van der Waals surface area contributed by atoms with Crippen LogP contribution < -0.4 is 0 Å². The number of furan rings is 1. The number of aryl methyl sites for hydroxylation is 2. The molecule has 72 valence electrons. The normalized spacial score (nSPS) is 19.0. The highest BCUT2D eigenvalue weighted by atomic mass is 16.3. The molecule has 0 spiro atoms. The summed E-state index contributed by atoms with van der Waals surface area (Å²) in [5.74, 6) is 2.51. The predicted octanol–water partition coefficient (Wildman–Crippen LogP) is 2.73. The second kappa shape index (κ2) is 3.18. The number of aliphatic hydroxyl groups excluding tert-OH is 1. The van der Waals surface area contributed by atoms with Crippen molar-refractivity contribution in [3.8, 4) is 0 Å². The third-order valence-electron chi connectivity index (χ3n) is 2.69. The van der Waals surface area contributed by atoms with E-state index in [0.717, 1.165) is 29.4 Å². The molecule has 0 bridgehead atoms. The first-order chi connectivity index (χ1) is 6.16. The Morgan fingerprint density at radius 3 is 2.69 bits per heavy atom. The zero-order valence-electron chi connectivity index (χ0n) is 8.21. The highest BCUT2D eigenvalue weighted by Crippen LogP contribution is 2.38. The summed E-state index contributed by atoms with van der Waals surface area (Å²) in [5, 5.41) is 9.87. The van der Waals surface area contributed by atoms with Gasteiger partial charge in [0.25, 0.3) is 0 Å². The van der Waals surface area contributed by atoms with E-state index in [-0.39, 0.29) is 6.10 Å². The molecule has 0 radical (unpaired) electrons. The summed E-state index contributed by atoms with van der Waals surface area (Å²) in [7, 11) is 0. The Bertz CT molecular complexity index is 297. The minimum atomic E-state index is -0.315. The van der Waals surface area contributed by atoms with E-state index in [4.69, 9.17) is 4.42 Å². The Kier molecular flexibility index (Phi) is 2.16. The summed E-state index contributed by atoms with van der Waals surface area (Å²) in [4.78, 5) is 0. The van der Waals surface area contributed by atoms with Crippen molar-refractivity contribution in [2.45, 2.75) is 39.2 Å². The molecular weight excluding hydrogens is 164 g/mol. The number of rotatable bonds is 3. The van der Waals surface area contributed by atoms with E-state index in [1.807, 2.05) is 19.9 Å². The van der Waals surface area contributed by atoms with Gasteiger partial charge in [0.1, 0.15) is 11.5 Å². The van der Waals surface area contributed by atoms with Crippen LogP contribution >= 0.6 is 0 Å². The molecule has 1 aromatic rings. The molecule has 2 heteroatoms. The summed E-state index contributed by atoms with van der Waals surface area (Å²) in [5.41, 5.74) is 0.976. The summed E-state index contributed by atoms with van der Waals surface area (Å²) < 4.78 is 5.38. The zero-order chi connectivity index (χ0) is 9.42. The lowest BCUT2D eigenvalue weighted by Crippen LogP contribution is -1.98. The van der Waals surface area contributed by atoms with Crippen molar-refractivity contribution >= 4 is 0 Å². The van der Waals surface area contributed by atoms with Gasteiger partial charge in [-0.3, -0.25) is 0 Å². The first-order valence-electron chi connectivity index (χ1n) is 4.92. The standard InChI is InChI=1S/C11H16O2/c1-7-5-10(8(2)13-7)11(12)6-9-3-4-9/h5,9,11-12H,3-4,6H2,1-2H3. The van der Waals surface area contributed by atoms with Gasteiger partial charge in [-0.1, -0.05) is 12.8 Å². The van der Waals surface area contributed by atoms with Crippen molar-refractivity contribution in [1.82, 2.24) is 0 Å². The van der Waals surface area contributed by atoms with Crippen molar-refractivity contribution in [3.05, 3.63) is 23.2 Å². The zero-order valence-corrected chi connectivity index (χ0v) is 8.21. The summed E-state index contributed by atoms with van der Waals surface area (Å²) >= 11 is 0. The minimum absolute atomic E-state index is 0.315. The third kappa shape index (κ3) is 1.94. The van der Waals surface area contributed by atoms with E-state index in [1.165, 1.54) is 12.8 Å². The van der Waals surface area contributed by atoms with Crippen LogP contribution in [0, 0.1) is 19.8 Å². The van der Waals surface area contributed by atoms with E-state index in [9.17, 15) is 5.11 Å². The van der Waals surface area contributed by atoms with Crippen LogP contribution in [0.4, 0.5) is 0 Å². The van der Waals surface area contributed by atoms with Gasteiger partial charge in [0.05, 0.1) is 6.10 Å². The Labute approximate surface area is 78.6 Å². The number of hydrogen-bond donors (Lipinski definition) is 1. The van der Waals surface area contributed by atoms with Crippen LogP contribution in [0.1, 0.15) is 42.5 Å². The molecule has 1 N–H and O–H groups in total. The lowest BCUT2D eigenvalue weighted by atomic mass is 10.0. The maximum atomic E-state index is 9.87. The fraction of sp³-hybridized carbons (Fsp3) is 0.636. The van der Waals surface area contributed by atoms with Crippen molar-refractivity contribution in [3.63, 3.8) is 0 Å². The molecule has 0 saturated heterocycles. The molecule has 1 fully saturated rings. The molecule has 0 aromatic carbocycles. The largest absolute Gasteiger partial charge is 0.466 e. The molecule has 1 unspecified atom stereocenters. The van der Waals surface area contributed by atoms with Gasteiger partial charge >= 0.3 is 0 Å². The van der Waals surface area contributed by atoms with Crippen molar-refractivity contribution < 1.29 is 9.52 Å². The van der Waals surface area contributed by atoms with Gasteiger partial charge in [-0.2, -0.15) is 0 Å². The van der Waals surface area contributed by atoms with E-state index in [1.54, 1.807) is 0 Å². The molecule has 2 nitrogen and oxygen atoms in total. The predicted molar refractivity (Wildman–Crippen MR) is 50.5 cm³/mol. The number of aliphatic hydroxyl groups is 1. The molecule has 0 aliphatic heterocycles. The molecule has 1 aliphatic carbocycles. The van der Waals surface area contributed by atoms with Crippen molar-refractivity contribution in [2.24, 2.45) is 5.92 Å². The van der Waals surface area contributed by atoms with Crippen LogP contribution in [-0.2, 0) is 0 Å². The minimum Gasteiger partial charge on any atom is -0.466 e. The maximum Gasteiger partial charge on any atom is 0.106 e. The van der Waals surface area contributed by atoms with Gasteiger partial charge in [0.2, 0.25) is 0 Å². The molecule has 2 rings (SSSR count). The summed E-state index contributed by atoms with van der Waals surface area (Å²) in [6, 6.07) is 1.95. The monoisotopic (exact) mass is 180 g/mol. The van der Waals surface area contributed by atoms with Gasteiger partial charge in [0.15, 0.2) is 0 Å². The second-order valence-corrected chi connectivity index (χ2v) is 4.06. The lowest BCUT2D eigenvalue weighted by Gasteiger charge is -2.07. The summed E-state index contributed by atoms with van der Waals surface area (Å²) in [6.45, 7) is 3.83. The Morgan fingerprint density at radius 2 is 2.23 bits per heavy atom. The third-order valence-corrected chi connectivity index (χ3v) is 2.69. The van der Waals surface area contributed by atoms with Gasteiger partial charge in [-0.15, -0.1) is 0 Å². The van der Waals surface area contributed by atoms with Crippen molar-refractivity contribution in [1.29, 1.82) is 0 Å². The van der Waals surface area contributed by atoms with E-state index in [2.05, 4.69) is 0 Å². The summed E-state index contributed by atoms with van der Waals surface area (Å²) in [6.07, 6.45) is 3.16. The molecule has 0 amide bonds. The molecular formula is C11H16O2. The smallest absolute Gasteiger partial charge is 0.106 e. The lowest BCUT2D eigenvalue weighted by molar-refractivity contribution is 0.158. The van der Waals surface area contributed by atoms with Crippen LogP contribution in [-0.4, -0.2) is 5.11 Å². The van der Waals surface area contributed by atoms with Crippen LogP contribution in [0.3, 0.4) is 0 Å². The average Bonchev–Trinajstić information content (AvgIpc) is 2.77. The molecule has 13 heavy (non-hydrogen) atoms. The fourth-order valence-electron chi connectivity index (χ4n) is 1.78. The Hall–Kier alpha value is -0.760. The first kappa shape index (κ1) is 8.82. The van der Waals surface area contributed by atoms with E-state index < -0.39 is 0 Å². The van der Waals surface area contributed by atoms with Gasteiger partial charge in [-0.05, 0) is 32.3 Å². The van der Waals surface area contributed by atoms with Crippen LogP contribution in [0.2, 0.25) is 0 Å². The average molecular weight is 180 g/mol. The van der Waals surface area contributed by atoms with E-state index in [0.29, 0.717) is 0 Å². The quantitative estimate of drug-likeness (QED) is 0.775. The van der Waals surface area contributed by atoms with Gasteiger partial charge in [-0.25, -0.2) is 0 Å². The van der Waals surface area contributed by atoms with Crippen LogP contribution in [0.25, 0.3) is 0 Å². The SMILES string of the molecule is Cc1cc(C(O)CC2CC2)c(C)o1. The second-order valence-electron chi connectivity index (χ2n) is 4.06. The molecule has 1 aromatic heterocycles. The molecule has 1 heterocycles. The molecule has 1 atom stereocenters. The Balaban J connectivity index is 2.08. The Morgan fingerprint density at radius 1 is 1.54 bits per heavy atom. The maximum absolute atomic E-state index is 9.87. The number of hydrogen-bond acceptors (Lipinski definition) is 2. The highest BCUT2D eigenvalue weighted by Gasteiger charge is 2.26. The van der Waals surface area contributed by atoms with E-state index >= 15 is 0 Å².